The topological polar surface area (TPSA) is 17.1 Å². The Hall–Kier alpha value is -0.330. The Morgan fingerprint density at radius 2 is 1.00 bits per heavy atom. The number of unbranched alkanes of at least 4 members (excludes halogenated alkanes) is 11. The van der Waals surface area contributed by atoms with E-state index in [1.54, 1.807) is 0 Å². The highest BCUT2D eigenvalue weighted by molar-refractivity contribution is 5.49. The van der Waals surface area contributed by atoms with Crippen LogP contribution in [-0.2, 0) is 4.79 Å². The Morgan fingerprint density at radius 3 is 1.38 bits per heavy atom. The molecule has 0 saturated carbocycles. The lowest BCUT2D eigenvalue weighted by Gasteiger charge is -2.14. The molecule has 0 aliphatic carbocycles. The van der Waals surface area contributed by atoms with Crippen LogP contribution < -0.4 is 0 Å². The molecule has 0 bridgehead atoms. The number of hydrogen-bond acceptors (Lipinski definition) is 1. The van der Waals surface area contributed by atoms with Crippen molar-refractivity contribution in [2.75, 3.05) is 0 Å². The van der Waals surface area contributed by atoms with E-state index in [2.05, 4.69) is 13.8 Å². The highest BCUT2D eigenvalue weighted by Gasteiger charge is 2.07. The molecule has 0 aromatic carbocycles. The zero-order chi connectivity index (χ0) is 15.6. The molecule has 0 saturated heterocycles. The molecular weight excluding hydrogens is 256 g/mol. The molecule has 0 rings (SSSR count). The number of rotatable bonds is 17. The summed E-state index contributed by atoms with van der Waals surface area (Å²) in [5.41, 5.74) is 0. The number of hydrogen-bond donors (Lipinski definition) is 0. The summed E-state index contributed by atoms with van der Waals surface area (Å²) in [4.78, 5) is 10.8. The summed E-state index contributed by atoms with van der Waals surface area (Å²) >= 11 is 0. The predicted molar refractivity (Wildman–Crippen MR) is 94.8 cm³/mol. The lowest BCUT2D eigenvalue weighted by molar-refractivity contribution is -0.108. The summed E-state index contributed by atoms with van der Waals surface area (Å²) in [5, 5.41) is 0. The normalized spacial score (nSPS) is 12.5. The second kappa shape index (κ2) is 17.7. The van der Waals surface area contributed by atoms with Gasteiger partial charge in [-0.2, -0.15) is 0 Å². The van der Waals surface area contributed by atoms with Gasteiger partial charge in [0, 0.05) is 6.42 Å². The van der Waals surface area contributed by atoms with Crippen molar-refractivity contribution in [3.63, 3.8) is 0 Å². The monoisotopic (exact) mass is 296 g/mol. The molecule has 0 aromatic rings. The molecule has 0 fully saturated rings. The van der Waals surface area contributed by atoms with Crippen LogP contribution in [-0.4, -0.2) is 6.29 Å². The van der Waals surface area contributed by atoms with Gasteiger partial charge in [-0.15, -0.1) is 0 Å². The molecule has 0 aliphatic rings. The van der Waals surface area contributed by atoms with E-state index in [0.29, 0.717) is 5.92 Å². The zero-order valence-electron chi connectivity index (χ0n) is 14.9. The van der Waals surface area contributed by atoms with Crippen LogP contribution in [0.3, 0.4) is 0 Å². The van der Waals surface area contributed by atoms with E-state index < -0.39 is 0 Å². The van der Waals surface area contributed by atoms with Crippen molar-refractivity contribution in [2.24, 2.45) is 5.92 Å². The van der Waals surface area contributed by atoms with Crippen LogP contribution in [0.4, 0.5) is 0 Å². The molecule has 0 amide bonds. The molecule has 21 heavy (non-hydrogen) atoms. The molecule has 0 radical (unpaired) electrons. The Balaban J connectivity index is 3.46. The van der Waals surface area contributed by atoms with E-state index in [4.69, 9.17) is 0 Å². The highest BCUT2D eigenvalue weighted by atomic mass is 16.1. The van der Waals surface area contributed by atoms with E-state index in [0.717, 1.165) is 12.7 Å². The van der Waals surface area contributed by atoms with Crippen LogP contribution in [0.15, 0.2) is 0 Å². The molecule has 1 heteroatoms. The van der Waals surface area contributed by atoms with Crippen molar-refractivity contribution in [3.05, 3.63) is 0 Å². The fourth-order valence-corrected chi connectivity index (χ4v) is 3.12. The molecule has 1 atom stereocenters. The second-order valence-electron chi connectivity index (χ2n) is 6.73. The number of carbonyl (C=O) groups excluding carboxylic acids is 1. The fourth-order valence-electron chi connectivity index (χ4n) is 3.12. The van der Waals surface area contributed by atoms with Gasteiger partial charge in [-0.25, -0.2) is 0 Å². The van der Waals surface area contributed by atoms with Gasteiger partial charge in [-0.05, 0) is 5.92 Å². The predicted octanol–water partition coefficient (Wildman–Crippen LogP) is 7.08. The van der Waals surface area contributed by atoms with Crippen LogP contribution in [0.1, 0.15) is 117 Å². The van der Waals surface area contributed by atoms with Crippen molar-refractivity contribution < 1.29 is 4.79 Å². The minimum absolute atomic E-state index is 0.671. The van der Waals surface area contributed by atoms with Crippen molar-refractivity contribution in [1.82, 2.24) is 0 Å². The molecule has 0 aliphatic heterocycles. The van der Waals surface area contributed by atoms with Gasteiger partial charge in [-0.3, -0.25) is 0 Å². The standard InChI is InChI=1S/C20H40O/c1-3-5-7-9-11-13-15-17-20(18-19-21)16-14-12-10-8-6-4-2/h19-20H,3-18H2,1-2H3. The molecule has 0 spiro atoms. The Morgan fingerprint density at radius 1 is 0.619 bits per heavy atom. The maximum atomic E-state index is 10.8. The van der Waals surface area contributed by atoms with Crippen molar-refractivity contribution in [1.29, 1.82) is 0 Å². The van der Waals surface area contributed by atoms with Crippen LogP contribution in [0.25, 0.3) is 0 Å². The minimum Gasteiger partial charge on any atom is -0.303 e. The van der Waals surface area contributed by atoms with Gasteiger partial charge in [0.2, 0.25) is 0 Å². The molecular formula is C20H40O. The lowest BCUT2D eigenvalue weighted by Crippen LogP contribution is -2.02. The van der Waals surface area contributed by atoms with Gasteiger partial charge in [0.25, 0.3) is 0 Å². The summed E-state index contributed by atoms with van der Waals surface area (Å²) in [6, 6.07) is 0. The van der Waals surface area contributed by atoms with Crippen LogP contribution >= 0.6 is 0 Å². The van der Waals surface area contributed by atoms with Crippen LogP contribution in [0.5, 0.6) is 0 Å². The summed E-state index contributed by atoms with van der Waals surface area (Å²) in [7, 11) is 0. The third-order valence-electron chi connectivity index (χ3n) is 4.61. The number of aldehydes is 1. The molecule has 0 heterocycles. The number of carbonyl (C=O) groups is 1. The fraction of sp³-hybridized carbons (Fsp3) is 0.950. The quantitative estimate of drug-likeness (QED) is 0.207. The maximum Gasteiger partial charge on any atom is 0.120 e. The smallest absolute Gasteiger partial charge is 0.120 e. The van der Waals surface area contributed by atoms with E-state index in [-0.39, 0.29) is 0 Å². The summed E-state index contributed by atoms with van der Waals surface area (Å²) in [6.07, 6.45) is 22.3. The van der Waals surface area contributed by atoms with Gasteiger partial charge in [0.1, 0.15) is 6.29 Å². The van der Waals surface area contributed by atoms with Crippen molar-refractivity contribution in [2.45, 2.75) is 117 Å². The van der Waals surface area contributed by atoms with Gasteiger partial charge in [0.05, 0.1) is 0 Å². The average Bonchev–Trinajstić information content (AvgIpc) is 2.49. The van der Waals surface area contributed by atoms with Gasteiger partial charge in [-0.1, -0.05) is 110 Å². The van der Waals surface area contributed by atoms with E-state index in [9.17, 15) is 4.79 Å². The van der Waals surface area contributed by atoms with Crippen molar-refractivity contribution >= 4 is 6.29 Å². The van der Waals surface area contributed by atoms with Gasteiger partial charge < -0.3 is 4.79 Å². The first-order valence-electron chi connectivity index (χ1n) is 9.78. The van der Waals surface area contributed by atoms with E-state index in [1.165, 1.54) is 96.3 Å². The van der Waals surface area contributed by atoms with Crippen LogP contribution in [0.2, 0.25) is 0 Å². The molecule has 1 unspecified atom stereocenters. The van der Waals surface area contributed by atoms with E-state index >= 15 is 0 Å². The highest BCUT2D eigenvalue weighted by Crippen LogP contribution is 2.21. The molecule has 0 aromatic heterocycles. The Labute approximate surface area is 134 Å². The van der Waals surface area contributed by atoms with Gasteiger partial charge >= 0.3 is 0 Å². The zero-order valence-corrected chi connectivity index (χ0v) is 14.9. The molecule has 1 nitrogen and oxygen atoms in total. The average molecular weight is 297 g/mol. The SMILES string of the molecule is CCCCCCCCCC(CC=O)CCCCCCCC. The minimum atomic E-state index is 0.671. The first-order valence-corrected chi connectivity index (χ1v) is 9.78. The Kier molecular flexibility index (Phi) is 17.4. The largest absolute Gasteiger partial charge is 0.303 e. The first kappa shape index (κ1) is 20.7. The molecule has 126 valence electrons. The van der Waals surface area contributed by atoms with E-state index in [1.807, 2.05) is 0 Å². The maximum absolute atomic E-state index is 10.8. The summed E-state index contributed by atoms with van der Waals surface area (Å²) < 4.78 is 0. The second-order valence-corrected chi connectivity index (χ2v) is 6.73. The lowest BCUT2D eigenvalue weighted by atomic mass is 9.92. The first-order chi connectivity index (χ1) is 10.3. The summed E-state index contributed by atoms with van der Waals surface area (Å²) in [6.45, 7) is 4.54. The van der Waals surface area contributed by atoms with Gasteiger partial charge in [0.15, 0.2) is 0 Å². The third-order valence-corrected chi connectivity index (χ3v) is 4.61. The third kappa shape index (κ3) is 15.9. The van der Waals surface area contributed by atoms with Crippen molar-refractivity contribution in [3.8, 4) is 0 Å². The summed E-state index contributed by atoms with van der Waals surface area (Å²) in [5.74, 6) is 0.671. The Bertz CT molecular complexity index is 200. The van der Waals surface area contributed by atoms with Crippen LogP contribution in [0, 0.1) is 5.92 Å². The molecule has 0 N–H and O–H groups in total.